The molecule has 1 amide bonds. The summed E-state index contributed by atoms with van der Waals surface area (Å²) >= 11 is 0. The van der Waals surface area contributed by atoms with Crippen LogP contribution in [0.5, 0.6) is 0 Å². The molecule has 4 aliphatic heterocycles. The maximum absolute atomic E-state index is 13.4. The summed E-state index contributed by atoms with van der Waals surface area (Å²) in [5.74, 6) is -0.999. The van der Waals surface area contributed by atoms with Gasteiger partial charge >= 0.3 is 0 Å². The number of nitrogens with one attached hydrogen (secondary N) is 1. The van der Waals surface area contributed by atoms with Gasteiger partial charge in [-0.05, 0) is 0 Å². The van der Waals surface area contributed by atoms with Crippen molar-refractivity contribution in [2.45, 2.75) is 17.8 Å². The molecule has 3 fully saturated rings. The van der Waals surface area contributed by atoms with Gasteiger partial charge in [-0.15, -0.1) is 0 Å². The first kappa shape index (κ1) is 16.9. The Morgan fingerprint density at radius 1 is 1.33 bits per heavy atom. The summed E-state index contributed by atoms with van der Waals surface area (Å²) in [6.07, 6.45) is 2.21. The summed E-state index contributed by atoms with van der Waals surface area (Å²) in [6, 6.07) is 0.225. The third kappa shape index (κ3) is 2.02. The number of ether oxygens (including phenoxy) is 1. The van der Waals surface area contributed by atoms with E-state index in [-0.39, 0.29) is 30.3 Å². The lowest BCUT2D eigenvalue weighted by atomic mass is 9.84. The molecule has 2 N–H and O–H groups in total. The van der Waals surface area contributed by atoms with Crippen LogP contribution in [0.4, 0.5) is 0 Å². The van der Waals surface area contributed by atoms with Crippen molar-refractivity contribution in [2.24, 2.45) is 5.92 Å². The van der Waals surface area contributed by atoms with Gasteiger partial charge in [0.05, 0.1) is 30.0 Å². The highest BCUT2D eigenvalue weighted by Gasteiger charge is 2.72. The number of methoxy groups -OCH3 is 1. The lowest BCUT2D eigenvalue weighted by molar-refractivity contribution is -0.136. The first-order chi connectivity index (χ1) is 13.1. The standard InChI is InChI=1S/C18H22N4O5/c1-27-18-10(8-23)14-15(22(18)7-11-17(18)19-11)13(25)6-12(16(14)26)21-4-2-20(9-24)3-5-21/h6,9-11,17,19,23H,2-5,7-8H2,1H3. The molecular weight excluding hydrogens is 352 g/mol. The largest absolute Gasteiger partial charge is 0.396 e. The minimum atomic E-state index is -0.880. The number of fused-ring (bicyclic) bond motifs is 4. The molecule has 4 atom stereocenters. The van der Waals surface area contributed by atoms with Gasteiger partial charge in [0.15, 0.2) is 5.72 Å². The number of aliphatic hydroxyl groups excluding tert-OH is 1. The van der Waals surface area contributed by atoms with Crippen LogP contribution in [0.3, 0.4) is 0 Å². The van der Waals surface area contributed by atoms with E-state index in [1.807, 2.05) is 9.80 Å². The number of carbonyl (C=O) groups excluding carboxylic acids is 3. The lowest BCUT2D eigenvalue weighted by Crippen LogP contribution is -2.54. The molecule has 0 aromatic heterocycles. The summed E-state index contributed by atoms with van der Waals surface area (Å²) in [4.78, 5) is 42.7. The second kappa shape index (κ2) is 5.63. The van der Waals surface area contributed by atoms with Gasteiger partial charge in [0.25, 0.3) is 0 Å². The van der Waals surface area contributed by atoms with E-state index in [2.05, 4.69) is 5.32 Å². The maximum Gasteiger partial charge on any atom is 0.209 e. The molecule has 0 aromatic rings. The Hall–Kier alpha value is -2.23. The van der Waals surface area contributed by atoms with Crippen molar-refractivity contribution in [1.29, 1.82) is 0 Å². The molecule has 144 valence electrons. The summed E-state index contributed by atoms with van der Waals surface area (Å²) in [7, 11) is 1.57. The van der Waals surface area contributed by atoms with E-state index in [1.54, 1.807) is 12.0 Å². The Labute approximate surface area is 156 Å². The first-order valence-corrected chi connectivity index (χ1v) is 9.25. The Kier molecular flexibility index (Phi) is 3.53. The molecule has 1 aliphatic carbocycles. The van der Waals surface area contributed by atoms with Gasteiger partial charge in [0.1, 0.15) is 0 Å². The normalized spacial score (nSPS) is 37.3. The number of ketones is 2. The minimum absolute atomic E-state index is 0.00503. The van der Waals surface area contributed by atoms with E-state index in [0.717, 1.165) is 6.41 Å². The number of hydrogen-bond acceptors (Lipinski definition) is 8. The van der Waals surface area contributed by atoms with Gasteiger partial charge in [-0.1, -0.05) is 0 Å². The minimum Gasteiger partial charge on any atom is -0.396 e. The monoisotopic (exact) mass is 374 g/mol. The molecule has 5 aliphatic rings. The van der Waals surface area contributed by atoms with Crippen LogP contribution >= 0.6 is 0 Å². The van der Waals surface area contributed by atoms with E-state index >= 15 is 0 Å². The zero-order valence-electron chi connectivity index (χ0n) is 15.1. The molecule has 4 heterocycles. The third-order valence-electron chi connectivity index (χ3n) is 6.60. The highest BCUT2D eigenvalue weighted by Crippen LogP contribution is 2.55. The average molecular weight is 374 g/mol. The number of nitrogens with zero attached hydrogens (tertiary/aromatic N) is 3. The number of Topliss-reactive ketones (excluding diaryl/α,β-unsaturated/α-hetero) is 1. The van der Waals surface area contributed by atoms with E-state index in [0.29, 0.717) is 49.7 Å². The lowest BCUT2D eigenvalue weighted by Gasteiger charge is -2.39. The molecule has 0 radical (unpaired) electrons. The molecular formula is C18H22N4O5. The Balaban J connectivity index is 1.50. The van der Waals surface area contributed by atoms with Crippen LogP contribution in [0, 0.1) is 5.92 Å². The van der Waals surface area contributed by atoms with Crippen LogP contribution < -0.4 is 5.32 Å². The van der Waals surface area contributed by atoms with Gasteiger partial charge in [-0.25, -0.2) is 0 Å². The molecule has 0 aromatic carbocycles. The molecule has 27 heavy (non-hydrogen) atoms. The quantitative estimate of drug-likeness (QED) is 0.320. The second-order valence-electron chi connectivity index (χ2n) is 7.67. The van der Waals surface area contributed by atoms with Crippen LogP contribution in [0.2, 0.25) is 0 Å². The number of aliphatic hydroxyl groups is 1. The van der Waals surface area contributed by atoms with E-state index in [4.69, 9.17) is 4.74 Å². The van der Waals surface area contributed by atoms with Gasteiger partial charge in [-0.2, -0.15) is 0 Å². The van der Waals surface area contributed by atoms with Crippen molar-refractivity contribution < 1.29 is 24.2 Å². The molecule has 9 heteroatoms. The number of amides is 1. The van der Waals surface area contributed by atoms with Crippen molar-refractivity contribution in [3.63, 3.8) is 0 Å². The highest BCUT2D eigenvalue weighted by atomic mass is 16.5. The molecule has 4 unspecified atom stereocenters. The van der Waals surface area contributed by atoms with Crippen molar-refractivity contribution in [3.05, 3.63) is 23.0 Å². The van der Waals surface area contributed by atoms with Crippen LogP contribution in [0.15, 0.2) is 23.0 Å². The first-order valence-electron chi connectivity index (χ1n) is 9.25. The number of hydrogen-bond donors (Lipinski definition) is 2. The fourth-order valence-corrected chi connectivity index (χ4v) is 5.27. The van der Waals surface area contributed by atoms with Crippen molar-refractivity contribution in [1.82, 2.24) is 20.0 Å². The zero-order valence-corrected chi connectivity index (χ0v) is 15.1. The van der Waals surface area contributed by atoms with Crippen LogP contribution in [-0.2, 0) is 19.1 Å². The van der Waals surface area contributed by atoms with Gasteiger partial charge in [0, 0.05) is 57.5 Å². The SMILES string of the molecule is COC12C(CO)C3=C(C(=O)C=C(N4CCN(C=O)CC4)C3=O)N1CC1NC12. The fraction of sp³-hybridized carbons (Fsp3) is 0.611. The Morgan fingerprint density at radius 2 is 2.07 bits per heavy atom. The second-order valence-corrected chi connectivity index (χ2v) is 7.67. The zero-order chi connectivity index (χ0) is 18.9. The summed E-state index contributed by atoms with van der Waals surface area (Å²) < 4.78 is 5.85. The molecule has 0 spiro atoms. The molecule has 9 nitrogen and oxygen atoms in total. The number of carbonyl (C=O) groups is 3. The molecule has 0 bridgehead atoms. The van der Waals surface area contributed by atoms with Crippen molar-refractivity contribution in [3.8, 4) is 0 Å². The van der Waals surface area contributed by atoms with Crippen LogP contribution in [0.25, 0.3) is 0 Å². The Morgan fingerprint density at radius 3 is 2.70 bits per heavy atom. The average Bonchev–Trinajstić information content (AvgIpc) is 3.30. The number of piperazine rings is 2. The predicted molar refractivity (Wildman–Crippen MR) is 92.1 cm³/mol. The van der Waals surface area contributed by atoms with Crippen LogP contribution in [-0.4, -0.2) is 102 Å². The summed E-state index contributed by atoms with van der Waals surface area (Å²) in [5, 5.41) is 13.5. The van der Waals surface area contributed by atoms with Crippen LogP contribution in [0.1, 0.15) is 0 Å². The fourth-order valence-electron chi connectivity index (χ4n) is 5.27. The summed E-state index contributed by atoms with van der Waals surface area (Å²) in [6.45, 7) is 2.36. The van der Waals surface area contributed by atoms with Crippen molar-refractivity contribution in [2.75, 3.05) is 46.4 Å². The topological polar surface area (TPSA) is 112 Å². The van der Waals surface area contributed by atoms with Gasteiger partial charge in [0.2, 0.25) is 18.0 Å². The summed E-state index contributed by atoms with van der Waals surface area (Å²) in [5.41, 5.74) is 0.224. The molecule has 5 rings (SSSR count). The third-order valence-corrected chi connectivity index (χ3v) is 6.60. The van der Waals surface area contributed by atoms with Crippen molar-refractivity contribution >= 4 is 18.0 Å². The Bertz CT molecular complexity index is 800. The highest BCUT2D eigenvalue weighted by molar-refractivity contribution is 6.23. The number of rotatable bonds is 4. The molecule has 3 saturated heterocycles. The van der Waals surface area contributed by atoms with Gasteiger partial charge in [-0.3, -0.25) is 14.4 Å². The maximum atomic E-state index is 13.4. The molecule has 0 saturated carbocycles. The smallest absolute Gasteiger partial charge is 0.209 e. The van der Waals surface area contributed by atoms with E-state index < -0.39 is 11.6 Å². The van der Waals surface area contributed by atoms with E-state index in [1.165, 1.54) is 6.08 Å². The van der Waals surface area contributed by atoms with E-state index in [9.17, 15) is 19.5 Å². The number of allylic oxidation sites excluding steroid dienone is 2. The van der Waals surface area contributed by atoms with Gasteiger partial charge < -0.3 is 29.9 Å². The predicted octanol–water partition coefficient (Wildman–Crippen LogP) is -2.33.